The highest BCUT2D eigenvalue weighted by Gasteiger charge is 2.17. The Balaban J connectivity index is 2.22. The molecule has 20 heavy (non-hydrogen) atoms. The van der Waals surface area contributed by atoms with Crippen LogP contribution in [0.15, 0.2) is 28.7 Å². The van der Waals surface area contributed by atoms with Gasteiger partial charge in [0.05, 0.1) is 4.92 Å². The van der Waals surface area contributed by atoms with Gasteiger partial charge in [0.15, 0.2) is 0 Å². The molecule has 0 aliphatic rings. The van der Waals surface area contributed by atoms with Crippen molar-refractivity contribution in [3.05, 3.63) is 57.0 Å². The molecule has 0 atom stereocenters. The Bertz CT molecular complexity index is 687. The number of hydrogen-bond donors (Lipinski definition) is 0. The molecule has 0 amide bonds. The molecule has 1 heterocycles. The van der Waals surface area contributed by atoms with Gasteiger partial charge in [-0.05, 0) is 39.0 Å². The summed E-state index contributed by atoms with van der Waals surface area (Å²) in [6.45, 7) is 4.99. The molecule has 0 spiro atoms. The van der Waals surface area contributed by atoms with Crippen LogP contribution in [0.2, 0.25) is 0 Å². The molecule has 0 saturated carbocycles. The van der Waals surface area contributed by atoms with Gasteiger partial charge in [-0.15, -0.1) is 0 Å². The second-order valence-corrected chi connectivity index (χ2v) is 4.42. The van der Waals surface area contributed by atoms with Crippen LogP contribution in [0.3, 0.4) is 0 Å². The standard InChI is InChI=1S/C14H13NO5/c1-8-6-11(4-5-13(8)15(17)18)20-14(16)12-7-9(2)19-10(12)3/h4-7H,1-3H3. The Labute approximate surface area is 115 Å². The predicted molar refractivity (Wildman–Crippen MR) is 71.0 cm³/mol. The molecule has 2 rings (SSSR count). The molecule has 0 fully saturated rings. The number of carbonyl (C=O) groups excluding carboxylic acids is 1. The van der Waals surface area contributed by atoms with Crippen LogP contribution in [0.5, 0.6) is 5.75 Å². The summed E-state index contributed by atoms with van der Waals surface area (Å²) in [5.41, 5.74) is 0.763. The highest BCUT2D eigenvalue weighted by Crippen LogP contribution is 2.24. The van der Waals surface area contributed by atoms with Crippen molar-refractivity contribution in [2.45, 2.75) is 20.8 Å². The number of benzene rings is 1. The van der Waals surface area contributed by atoms with Crippen LogP contribution in [0, 0.1) is 30.9 Å². The Morgan fingerprint density at radius 2 is 1.95 bits per heavy atom. The second-order valence-electron chi connectivity index (χ2n) is 4.42. The van der Waals surface area contributed by atoms with Crippen molar-refractivity contribution < 1.29 is 18.9 Å². The number of esters is 1. The number of hydrogen-bond acceptors (Lipinski definition) is 5. The van der Waals surface area contributed by atoms with Crippen molar-refractivity contribution in [1.29, 1.82) is 0 Å². The predicted octanol–water partition coefficient (Wildman–Crippen LogP) is 3.33. The van der Waals surface area contributed by atoms with Gasteiger partial charge >= 0.3 is 5.97 Å². The molecule has 1 aromatic carbocycles. The molecule has 104 valence electrons. The fraction of sp³-hybridized carbons (Fsp3) is 0.214. The van der Waals surface area contributed by atoms with Crippen molar-refractivity contribution in [2.75, 3.05) is 0 Å². The number of nitro benzene ring substituents is 1. The summed E-state index contributed by atoms with van der Waals surface area (Å²) in [5.74, 6) is 0.810. The molecule has 0 saturated heterocycles. The maximum Gasteiger partial charge on any atom is 0.347 e. The number of rotatable bonds is 3. The molecule has 0 N–H and O–H groups in total. The molecule has 6 heteroatoms. The van der Waals surface area contributed by atoms with Crippen molar-refractivity contribution >= 4 is 11.7 Å². The number of ether oxygens (including phenoxy) is 1. The summed E-state index contributed by atoms with van der Waals surface area (Å²) < 4.78 is 10.4. The van der Waals surface area contributed by atoms with E-state index in [1.807, 2.05) is 0 Å². The third-order valence-electron chi connectivity index (χ3n) is 2.84. The van der Waals surface area contributed by atoms with Crippen LogP contribution in [-0.2, 0) is 0 Å². The fourth-order valence-corrected chi connectivity index (χ4v) is 1.89. The minimum atomic E-state index is -0.549. The van der Waals surface area contributed by atoms with Crippen molar-refractivity contribution in [1.82, 2.24) is 0 Å². The Kier molecular flexibility index (Phi) is 3.56. The van der Waals surface area contributed by atoms with Gasteiger partial charge in [-0.25, -0.2) is 4.79 Å². The van der Waals surface area contributed by atoms with E-state index in [9.17, 15) is 14.9 Å². The monoisotopic (exact) mass is 275 g/mol. The van der Waals surface area contributed by atoms with E-state index in [4.69, 9.17) is 9.15 Å². The fourth-order valence-electron chi connectivity index (χ4n) is 1.89. The van der Waals surface area contributed by atoms with E-state index in [0.29, 0.717) is 22.6 Å². The van der Waals surface area contributed by atoms with Crippen LogP contribution < -0.4 is 4.74 Å². The zero-order valence-electron chi connectivity index (χ0n) is 11.3. The number of nitrogens with zero attached hydrogens (tertiary/aromatic N) is 1. The van der Waals surface area contributed by atoms with Gasteiger partial charge in [0.1, 0.15) is 22.8 Å². The lowest BCUT2D eigenvalue weighted by Gasteiger charge is -2.04. The maximum absolute atomic E-state index is 12.0. The third-order valence-corrected chi connectivity index (χ3v) is 2.84. The van der Waals surface area contributed by atoms with Gasteiger partial charge in [-0.3, -0.25) is 10.1 Å². The first kappa shape index (κ1) is 13.8. The molecule has 0 aliphatic carbocycles. The molecule has 0 aliphatic heterocycles. The van der Waals surface area contributed by atoms with Crippen molar-refractivity contribution in [3.63, 3.8) is 0 Å². The summed E-state index contributed by atoms with van der Waals surface area (Å²) >= 11 is 0. The van der Waals surface area contributed by atoms with E-state index in [1.54, 1.807) is 26.8 Å². The minimum absolute atomic E-state index is 0.0138. The third kappa shape index (κ3) is 2.69. The smallest absolute Gasteiger partial charge is 0.347 e. The van der Waals surface area contributed by atoms with Crippen LogP contribution in [-0.4, -0.2) is 10.9 Å². The number of aryl methyl sites for hydroxylation is 3. The average molecular weight is 275 g/mol. The Morgan fingerprint density at radius 3 is 2.45 bits per heavy atom. The summed E-state index contributed by atoms with van der Waals surface area (Å²) in [4.78, 5) is 22.2. The van der Waals surface area contributed by atoms with Gasteiger partial charge in [-0.2, -0.15) is 0 Å². The van der Waals surface area contributed by atoms with E-state index in [1.165, 1.54) is 18.2 Å². The van der Waals surface area contributed by atoms with Crippen LogP contribution in [0.25, 0.3) is 0 Å². The van der Waals surface area contributed by atoms with Crippen LogP contribution in [0.1, 0.15) is 27.4 Å². The molecule has 0 radical (unpaired) electrons. The maximum atomic E-state index is 12.0. The first-order valence-electron chi connectivity index (χ1n) is 5.92. The molecular weight excluding hydrogens is 262 g/mol. The van der Waals surface area contributed by atoms with Crippen molar-refractivity contribution in [2.24, 2.45) is 0 Å². The molecular formula is C14H13NO5. The lowest BCUT2D eigenvalue weighted by atomic mass is 10.2. The van der Waals surface area contributed by atoms with Gasteiger partial charge in [0, 0.05) is 11.6 Å². The summed E-state index contributed by atoms with van der Waals surface area (Å²) in [6, 6.07) is 5.75. The normalized spacial score (nSPS) is 10.3. The topological polar surface area (TPSA) is 82.6 Å². The van der Waals surface area contributed by atoms with E-state index < -0.39 is 10.9 Å². The largest absolute Gasteiger partial charge is 0.466 e. The number of furan rings is 1. The molecule has 0 bridgehead atoms. The van der Waals surface area contributed by atoms with E-state index in [0.717, 1.165) is 0 Å². The van der Waals surface area contributed by atoms with Gasteiger partial charge < -0.3 is 9.15 Å². The van der Waals surface area contributed by atoms with Crippen LogP contribution in [0.4, 0.5) is 5.69 Å². The lowest BCUT2D eigenvalue weighted by molar-refractivity contribution is -0.385. The molecule has 0 unspecified atom stereocenters. The first-order chi connectivity index (χ1) is 9.38. The average Bonchev–Trinajstić information content (AvgIpc) is 2.68. The highest BCUT2D eigenvalue weighted by molar-refractivity contribution is 5.92. The molecule has 2 aromatic rings. The molecule has 1 aromatic heterocycles. The zero-order valence-corrected chi connectivity index (χ0v) is 11.3. The second kappa shape index (κ2) is 5.16. The highest BCUT2D eigenvalue weighted by atomic mass is 16.6. The number of carbonyl (C=O) groups is 1. The quantitative estimate of drug-likeness (QED) is 0.371. The first-order valence-corrected chi connectivity index (χ1v) is 5.92. The summed E-state index contributed by atoms with van der Waals surface area (Å²) in [7, 11) is 0. The van der Waals surface area contributed by atoms with Gasteiger partial charge in [-0.1, -0.05) is 0 Å². The van der Waals surface area contributed by atoms with E-state index in [2.05, 4.69) is 0 Å². The zero-order chi connectivity index (χ0) is 14.9. The minimum Gasteiger partial charge on any atom is -0.466 e. The van der Waals surface area contributed by atoms with Gasteiger partial charge in [0.25, 0.3) is 5.69 Å². The van der Waals surface area contributed by atoms with Crippen molar-refractivity contribution in [3.8, 4) is 5.75 Å². The summed E-state index contributed by atoms with van der Waals surface area (Å²) in [6.07, 6.45) is 0. The van der Waals surface area contributed by atoms with Gasteiger partial charge in [0.2, 0.25) is 0 Å². The Morgan fingerprint density at radius 1 is 1.25 bits per heavy atom. The Hall–Kier alpha value is -2.63. The van der Waals surface area contributed by atoms with E-state index >= 15 is 0 Å². The number of nitro groups is 1. The SMILES string of the molecule is Cc1cc(C(=O)Oc2ccc([N+](=O)[O-])c(C)c2)c(C)o1. The van der Waals surface area contributed by atoms with Crippen LogP contribution >= 0.6 is 0 Å². The van der Waals surface area contributed by atoms with E-state index in [-0.39, 0.29) is 11.4 Å². The summed E-state index contributed by atoms with van der Waals surface area (Å²) in [5, 5.41) is 10.7. The lowest BCUT2D eigenvalue weighted by Crippen LogP contribution is -2.09. The molecule has 6 nitrogen and oxygen atoms in total.